The van der Waals surface area contributed by atoms with Crippen molar-refractivity contribution < 1.29 is 14.3 Å². The van der Waals surface area contributed by atoms with Gasteiger partial charge in [0.2, 0.25) is 0 Å². The molecule has 1 amide bonds. The predicted octanol–water partition coefficient (Wildman–Crippen LogP) is 4.48. The maximum absolute atomic E-state index is 12.4. The second-order valence-corrected chi connectivity index (χ2v) is 7.39. The third kappa shape index (κ3) is 5.51. The van der Waals surface area contributed by atoms with Crippen LogP contribution in [0.4, 0.5) is 0 Å². The Kier molecular flexibility index (Phi) is 7.35. The lowest BCUT2D eigenvalue weighted by molar-refractivity contribution is -0.127. The molecule has 4 heteroatoms. The van der Waals surface area contributed by atoms with Crippen molar-refractivity contribution in [3.05, 3.63) is 59.2 Å². The van der Waals surface area contributed by atoms with Crippen molar-refractivity contribution in [2.45, 2.75) is 58.5 Å². The molecule has 0 aliphatic heterocycles. The monoisotopic (exact) mass is 381 g/mol. The molecule has 0 saturated heterocycles. The summed E-state index contributed by atoms with van der Waals surface area (Å²) in [5, 5.41) is 2.90. The molecule has 2 aromatic carbocycles. The normalized spacial score (nSPS) is 14.1. The van der Waals surface area contributed by atoms with Crippen molar-refractivity contribution in [3.8, 4) is 11.5 Å². The van der Waals surface area contributed by atoms with Gasteiger partial charge in [-0.05, 0) is 73.9 Å². The molecule has 3 rings (SSSR count). The summed E-state index contributed by atoms with van der Waals surface area (Å²) in [4.78, 5) is 12.4. The molecule has 0 radical (unpaired) electrons. The zero-order chi connectivity index (χ0) is 19.8. The fourth-order valence-electron chi connectivity index (χ4n) is 3.63. The molecule has 28 heavy (non-hydrogen) atoms. The molecule has 0 saturated carbocycles. The Morgan fingerprint density at radius 2 is 1.89 bits per heavy atom. The number of benzene rings is 2. The Hall–Kier alpha value is -2.49. The van der Waals surface area contributed by atoms with E-state index in [0.717, 1.165) is 37.2 Å². The van der Waals surface area contributed by atoms with E-state index in [2.05, 4.69) is 30.4 Å². The topological polar surface area (TPSA) is 47.6 Å². The summed E-state index contributed by atoms with van der Waals surface area (Å²) in [6, 6.07) is 14.3. The average molecular weight is 382 g/mol. The summed E-state index contributed by atoms with van der Waals surface area (Å²) in [6.45, 7) is 4.86. The molecule has 1 aliphatic carbocycles. The molecule has 0 bridgehead atoms. The third-order valence-corrected chi connectivity index (χ3v) is 5.16. The summed E-state index contributed by atoms with van der Waals surface area (Å²) in [6.07, 6.45) is 6.24. The van der Waals surface area contributed by atoms with Gasteiger partial charge < -0.3 is 14.8 Å². The van der Waals surface area contributed by atoms with Gasteiger partial charge in [-0.15, -0.1) is 0 Å². The SMILES string of the molecule is CCCc1ccc(OCCNC(=O)C(C)Oc2cccc3c2CCCC3)cc1. The first-order valence-corrected chi connectivity index (χ1v) is 10.4. The van der Waals surface area contributed by atoms with Gasteiger partial charge in [-0.3, -0.25) is 4.79 Å². The van der Waals surface area contributed by atoms with E-state index in [0.29, 0.717) is 13.2 Å². The van der Waals surface area contributed by atoms with E-state index in [9.17, 15) is 4.79 Å². The number of carbonyl (C=O) groups is 1. The van der Waals surface area contributed by atoms with Crippen molar-refractivity contribution in [2.75, 3.05) is 13.2 Å². The van der Waals surface area contributed by atoms with E-state index in [1.165, 1.54) is 29.5 Å². The van der Waals surface area contributed by atoms with Gasteiger partial charge in [0.25, 0.3) is 5.91 Å². The maximum Gasteiger partial charge on any atom is 0.260 e. The molecule has 0 fully saturated rings. The number of rotatable bonds is 9. The fraction of sp³-hybridized carbons (Fsp3) is 0.458. The molecule has 4 nitrogen and oxygen atoms in total. The Morgan fingerprint density at radius 1 is 1.11 bits per heavy atom. The van der Waals surface area contributed by atoms with Crippen LogP contribution >= 0.6 is 0 Å². The number of carbonyl (C=O) groups excluding carboxylic acids is 1. The molecular formula is C24H31NO3. The number of aryl methyl sites for hydroxylation is 2. The molecule has 1 unspecified atom stereocenters. The second kappa shape index (κ2) is 10.2. The van der Waals surface area contributed by atoms with E-state index in [1.807, 2.05) is 24.3 Å². The Labute approximate surface area is 168 Å². The summed E-state index contributed by atoms with van der Waals surface area (Å²) in [7, 11) is 0. The molecule has 2 aromatic rings. The standard InChI is InChI=1S/C24H31NO3/c1-3-7-19-12-14-21(15-13-19)27-17-16-25-24(26)18(2)28-23-11-6-9-20-8-4-5-10-22(20)23/h6,9,11-15,18H,3-5,7-8,10,16-17H2,1-2H3,(H,25,26). The number of fused-ring (bicyclic) bond motifs is 1. The van der Waals surface area contributed by atoms with Gasteiger partial charge in [0, 0.05) is 0 Å². The van der Waals surface area contributed by atoms with Crippen molar-refractivity contribution in [1.29, 1.82) is 0 Å². The van der Waals surface area contributed by atoms with Crippen LogP contribution in [0.2, 0.25) is 0 Å². The van der Waals surface area contributed by atoms with Crippen LogP contribution in [-0.4, -0.2) is 25.2 Å². The van der Waals surface area contributed by atoms with Crippen molar-refractivity contribution in [2.24, 2.45) is 0 Å². The summed E-state index contributed by atoms with van der Waals surface area (Å²) < 4.78 is 11.7. The van der Waals surface area contributed by atoms with Crippen molar-refractivity contribution in [1.82, 2.24) is 5.32 Å². The highest BCUT2D eigenvalue weighted by Gasteiger charge is 2.19. The molecule has 0 aromatic heterocycles. The lowest BCUT2D eigenvalue weighted by Gasteiger charge is -2.22. The van der Waals surface area contributed by atoms with Crippen LogP contribution in [0, 0.1) is 0 Å². The number of ether oxygens (including phenoxy) is 2. The van der Waals surface area contributed by atoms with E-state index >= 15 is 0 Å². The first-order valence-electron chi connectivity index (χ1n) is 10.4. The zero-order valence-electron chi connectivity index (χ0n) is 17.0. The fourth-order valence-corrected chi connectivity index (χ4v) is 3.63. The van der Waals surface area contributed by atoms with Crippen LogP contribution in [0.1, 0.15) is 49.8 Å². The van der Waals surface area contributed by atoms with Gasteiger partial charge in [-0.1, -0.05) is 37.6 Å². The quantitative estimate of drug-likeness (QED) is 0.652. The van der Waals surface area contributed by atoms with E-state index in [4.69, 9.17) is 9.47 Å². The van der Waals surface area contributed by atoms with Crippen LogP contribution in [0.5, 0.6) is 11.5 Å². The minimum Gasteiger partial charge on any atom is -0.492 e. The lowest BCUT2D eigenvalue weighted by Crippen LogP contribution is -2.38. The number of nitrogens with one attached hydrogen (secondary N) is 1. The highest BCUT2D eigenvalue weighted by Crippen LogP contribution is 2.30. The van der Waals surface area contributed by atoms with Crippen LogP contribution in [0.15, 0.2) is 42.5 Å². The second-order valence-electron chi connectivity index (χ2n) is 7.39. The molecule has 1 atom stereocenters. The molecular weight excluding hydrogens is 350 g/mol. The zero-order valence-corrected chi connectivity index (χ0v) is 17.0. The first kappa shape index (κ1) is 20.2. The Morgan fingerprint density at radius 3 is 2.68 bits per heavy atom. The highest BCUT2D eigenvalue weighted by atomic mass is 16.5. The molecule has 0 heterocycles. The van der Waals surface area contributed by atoms with Crippen LogP contribution < -0.4 is 14.8 Å². The van der Waals surface area contributed by atoms with E-state index in [-0.39, 0.29) is 5.91 Å². The lowest BCUT2D eigenvalue weighted by atomic mass is 9.91. The van der Waals surface area contributed by atoms with Crippen LogP contribution in [-0.2, 0) is 24.1 Å². The van der Waals surface area contributed by atoms with Gasteiger partial charge in [-0.25, -0.2) is 0 Å². The number of hydrogen-bond acceptors (Lipinski definition) is 3. The maximum atomic E-state index is 12.4. The summed E-state index contributed by atoms with van der Waals surface area (Å²) in [5.74, 6) is 1.56. The van der Waals surface area contributed by atoms with Crippen molar-refractivity contribution >= 4 is 5.91 Å². The van der Waals surface area contributed by atoms with E-state index in [1.54, 1.807) is 6.92 Å². The van der Waals surface area contributed by atoms with Crippen LogP contribution in [0.25, 0.3) is 0 Å². The van der Waals surface area contributed by atoms with Crippen LogP contribution in [0.3, 0.4) is 0 Å². The molecule has 1 N–H and O–H groups in total. The predicted molar refractivity (Wildman–Crippen MR) is 112 cm³/mol. The smallest absolute Gasteiger partial charge is 0.260 e. The Balaban J connectivity index is 1.42. The molecule has 1 aliphatic rings. The number of amides is 1. The van der Waals surface area contributed by atoms with Gasteiger partial charge in [0.1, 0.15) is 18.1 Å². The molecule has 150 valence electrons. The summed E-state index contributed by atoms with van der Waals surface area (Å²) in [5.41, 5.74) is 3.94. The van der Waals surface area contributed by atoms with Gasteiger partial charge in [0.05, 0.1) is 6.54 Å². The molecule has 0 spiro atoms. The van der Waals surface area contributed by atoms with Crippen molar-refractivity contribution in [3.63, 3.8) is 0 Å². The number of hydrogen-bond donors (Lipinski definition) is 1. The summed E-state index contributed by atoms with van der Waals surface area (Å²) >= 11 is 0. The van der Waals surface area contributed by atoms with Gasteiger partial charge in [0.15, 0.2) is 6.10 Å². The highest BCUT2D eigenvalue weighted by molar-refractivity contribution is 5.80. The first-order chi connectivity index (χ1) is 13.7. The van der Waals surface area contributed by atoms with E-state index < -0.39 is 6.10 Å². The van der Waals surface area contributed by atoms with Gasteiger partial charge >= 0.3 is 0 Å². The third-order valence-electron chi connectivity index (χ3n) is 5.16. The minimum absolute atomic E-state index is 0.115. The average Bonchev–Trinajstić information content (AvgIpc) is 2.72. The minimum atomic E-state index is -0.526. The van der Waals surface area contributed by atoms with Gasteiger partial charge in [-0.2, -0.15) is 0 Å². The Bertz CT molecular complexity index is 770. The largest absolute Gasteiger partial charge is 0.492 e.